The van der Waals surface area contributed by atoms with Gasteiger partial charge >= 0.3 is 6.01 Å². The second-order valence-corrected chi connectivity index (χ2v) is 5.75. The predicted octanol–water partition coefficient (Wildman–Crippen LogP) is 0.904. The minimum absolute atomic E-state index is 0.0812. The number of carbonyl (C=O) groups excluding carboxylic acids is 1. The van der Waals surface area contributed by atoms with Crippen LogP contribution in [0.1, 0.15) is 30.3 Å². The number of imidazole rings is 1. The molecule has 1 aliphatic carbocycles. The van der Waals surface area contributed by atoms with E-state index < -0.39 is 0 Å². The Morgan fingerprint density at radius 3 is 3.05 bits per heavy atom. The second kappa shape index (κ2) is 5.86. The number of rotatable bonds is 6. The van der Waals surface area contributed by atoms with Crippen molar-refractivity contribution in [2.45, 2.75) is 30.5 Å². The standard InChI is InChI=1S/C12H15N5O3S/c1-17-8(5-18)4-13-12(17)21-6-9(19)14-11-16-15-10(20-11)7-2-3-7/h4,7,18H,2-3,5-6H2,1H3,(H,14,16,19). The van der Waals surface area contributed by atoms with Gasteiger partial charge in [-0.25, -0.2) is 4.98 Å². The minimum Gasteiger partial charge on any atom is -0.408 e. The number of hydrogen-bond donors (Lipinski definition) is 2. The molecule has 1 fully saturated rings. The van der Waals surface area contributed by atoms with Gasteiger partial charge < -0.3 is 14.1 Å². The number of aliphatic hydroxyl groups is 1. The van der Waals surface area contributed by atoms with Gasteiger partial charge in [0.05, 0.1) is 24.3 Å². The highest BCUT2D eigenvalue weighted by Crippen LogP contribution is 2.39. The molecule has 3 rings (SSSR count). The molecule has 1 saturated carbocycles. The van der Waals surface area contributed by atoms with E-state index in [2.05, 4.69) is 20.5 Å². The van der Waals surface area contributed by atoms with Crippen LogP contribution >= 0.6 is 11.8 Å². The van der Waals surface area contributed by atoms with E-state index in [0.29, 0.717) is 22.7 Å². The van der Waals surface area contributed by atoms with Gasteiger partial charge in [0.2, 0.25) is 11.8 Å². The van der Waals surface area contributed by atoms with E-state index >= 15 is 0 Å². The van der Waals surface area contributed by atoms with Gasteiger partial charge in [0.1, 0.15) is 0 Å². The Labute approximate surface area is 125 Å². The first-order valence-corrected chi connectivity index (χ1v) is 7.53. The third-order valence-electron chi connectivity index (χ3n) is 3.15. The van der Waals surface area contributed by atoms with Gasteiger partial charge in [-0.1, -0.05) is 16.9 Å². The van der Waals surface area contributed by atoms with Gasteiger partial charge in [0.15, 0.2) is 5.16 Å². The van der Waals surface area contributed by atoms with E-state index in [9.17, 15) is 4.79 Å². The molecule has 8 nitrogen and oxygen atoms in total. The molecule has 0 bridgehead atoms. The van der Waals surface area contributed by atoms with Crippen molar-refractivity contribution in [1.82, 2.24) is 19.7 Å². The monoisotopic (exact) mass is 309 g/mol. The lowest BCUT2D eigenvalue weighted by Gasteiger charge is -2.03. The van der Waals surface area contributed by atoms with Crippen molar-refractivity contribution >= 4 is 23.7 Å². The third kappa shape index (κ3) is 3.24. The topological polar surface area (TPSA) is 106 Å². The number of carbonyl (C=O) groups is 1. The summed E-state index contributed by atoms with van der Waals surface area (Å²) in [7, 11) is 1.79. The van der Waals surface area contributed by atoms with Crippen LogP contribution in [0.15, 0.2) is 15.8 Å². The number of thioether (sulfide) groups is 1. The molecule has 2 N–H and O–H groups in total. The maximum absolute atomic E-state index is 11.8. The highest BCUT2D eigenvalue weighted by Gasteiger charge is 2.29. The number of nitrogens with one attached hydrogen (secondary N) is 1. The van der Waals surface area contributed by atoms with Gasteiger partial charge in [-0.3, -0.25) is 10.1 Å². The Kier molecular flexibility index (Phi) is 3.93. The number of hydrogen-bond acceptors (Lipinski definition) is 7. The fourth-order valence-electron chi connectivity index (χ4n) is 1.77. The first-order valence-electron chi connectivity index (χ1n) is 6.55. The van der Waals surface area contributed by atoms with Crippen LogP contribution in [-0.2, 0) is 18.4 Å². The van der Waals surface area contributed by atoms with Gasteiger partial charge in [0, 0.05) is 13.0 Å². The molecule has 0 radical (unpaired) electrons. The van der Waals surface area contributed by atoms with Crippen LogP contribution in [0.4, 0.5) is 6.01 Å². The molecule has 2 aromatic heterocycles. The van der Waals surface area contributed by atoms with E-state index in [0.717, 1.165) is 12.8 Å². The first-order chi connectivity index (χ1) is 10.2. The summed E-state index contributed by atoms with van der Waals surface area (Å²) in [6.45, 7) is -0.0812. The van der Waals surface area contributed by atoms with Crippen molar-refractivity contribution in [2.75, 3.05) is 11.1 Å². The third-order valence-corrected chi connectivity index (χ3v) is 4.19. The molecule has 2 heterocycles. The van der Waals surface area contributed by atoms with Crippen molar-refractivity contribution in [2.24, 2.45) is 7.05 Å². The van der Waals surface area contributed by atoms with Crippen LogP contribution < -0.4 is 5.32 Å². The molecule has 21 heavy (non-hydrogen) atoms. The van der Waals surface area contributed by atoms with Crippen LogP contribution in [0.2, 0.25) is 0 Å². The summed E-state index contributed by atoms with van der Waals surface area (Å²) in [5.41, 5.74) is 0.698. The minimum atomic E-state index is -0.237. The molecule has 0 aromatic carbocycles. The van der Waals surface area contributed by atoms with Crippen LogP contribution in [0.25, 0.3) is 0 Å². The quantitative estimate of drug-likeness (QED) is 0.764. The first kappa shape index (κ1) is 14.1. The molecule has 0 saturated heterocycles. The Hall–Kier alpha value is -1.87. The molecular weight excluding hydrogens is 294 g/mol. The van der Waals surface area contributed by atoms with E-state index in [1.807, 2.05) is 0 Å². The molecular formula is C12H15N5O3S. The van der Waals surface area contributed by atoms with E-state index in [1.54, 1.807) is 17.8 Å². The van der Waals surface area contributed by atoms with E-state index in [4.69, 9.17) is 9.52 Å². The summed E-state index contributed by atoms with van der Waals surface area (Å²) in [5, 5.41) is 20.0. The molecule has 112 valence electrons. The van der Waals surface area contributed by atoms with E-state index in [1.165, 1.54) is 11.8 Å². The maximum Gasteiger partial charge on any atom is 0.322 e. The number of aromatic nitrogens is 4. The normalized spacial score (nSPS) is 14.4. The number of anilines is 1. The van der Waals surface area contributed by atoms with Crippen molar-refractivity contribution < 1.29 is 14.3 Å². The largest absolute Gasteiger partial charge is 0.408 e. The zero-order valence-electron chi connectivity index (χ0n) is 11.4. The summed E-state index contributed by atoms with van der Waals surface area (Å²) >= 11 is 1.27. The summed E-state index contributed by atoms with van der Waals surface area (Å²) in [5.74, 6) is 0.896. The summed E-state index contributed by atoms with van der Waals surface area (Å²) in [6.07, 6.45) is 3.72. The number of nitrogens with zero attached hydrogens (tertiary/aromatic N) is 4. The summed E-state index contributed by atoms with van der Waals surface area (Å²) < 4.78 is 7.10. The van der Waals surface area contributed by atoms with Crippen LogP contribution in [0.5, 0.6) is 0 Å². The summed E-state index contributed by atoms with van der Waals surface area (Å²) in [4.78, 5) is 16.0. The average molecular weight is 309 g/mol. The fourth-order valence-corrected chi connectivity index (χ4v) is 2.54. The number of aliphatic hydroxyl groups excluding tert-OH is 1. The van der Waals surface area contributed by atoms with Crippen molar-refractivity contribution in [3.63, 3.8) is 0 Å². The Balaban J connectivity index is 1.52. The molecule has 0 atom stereocenters. The highest BCUT2D eigenvalue weighted by molar-refractivity contribution is 7.99. The Bertz CT molecular complexity index is 649. The van der Waals surface area contributed by atoms with Gasteiger partial charge in [-0.15, -0.1) is 5.10 Å². The lowest BCUT2D eigenvalue weighted by atomic mass is 10.4. The smallest absolute Gasteiger partial charge is 0.322 e. The molecule has 0 aliphatic heterocycles. The van der Waals surface area contributed by atoms with Crippen LogP contribution in [-0.4, -0.2) is 36.5 Å². The Morgan fingerprint density at radius 1 is 1.57 bits per heavy atom. The second-order valence-electron chi connectivity index (χ2n) is 4.81. The zero-order chi connectivity index (χ0) is 14.8. The molecule has 0 spiro atoms. The van der Waals surface area contributed by atoms with Gasteiger partial charge in [-0.2, -0.15) is 0 Å². The maximum atomic E-state index is 11.8. The molecule has 9 heteroatoms. The van der Waals surface area contributed by atoms with Crippen molar-refractivity contribution in [1.29, 1.82) is 0 Å². The van der Waals surface area contributed by atoms with Crippen molar-refractivity contribution in [3.8, 4) is 0 Å². The lowest BCUT2D eigenvalue weighted by Crippen LogP contribution is -2.14. The molecule has 2 aromatic rings. The van der Waals surface area contributed by atoms with E-state index in [-0.39, 0.29) is 24.3 Å². The van der Waals surface area contributed by atoms with Crippen LogP contribution in [0.3, 0.4) is 0 Å². The molecule has 1 amide bonds. The predicted molar refractivity (Wildman–Crippen MR) is 74.8 cm³/mol. The lowest BCUT2D eigenvalue weighted by molar-refractivity contribution is -0.113. The fraction of sp³-hybridized carbons (Fsp3) is 0.500. The summed E-state index contributed by atoms with van der Waals surface area (Å²) in [6, 6.07) is 0.137. The van der Waals surface area contributed by atoms with Gasteiger partial charge in [-0.05, 0) is 12.8 Å². The van der Waals surface area contributed by atoms with Gasteiger partial charge in [0.25, 0.3) is 0 Å². The Morgan fingerprint density at radius 2 is 2.38 bits per heavy atom. The highest BCUT2D eigenvalue weighted by atomic mass is 32.2. The van der Waals surface area contributed by atoms with Crippen LogP contribution in [0, 0.1) is 0 Å². The molecule has 1 aliphatic rings. The number of amides is 1. The molecule has 0 unspecified atom stereocenters. The average Bonchev–Trinajstić information content (AvgIpc) is 3.12. The zero-order valence-corrected chi connectivity index (χ0v) is 12.3. The SMILES string of the molecule is Cn1c(CO)cnc1SCC(=O)Nc1nnc(C2CC2)o1. The van der Waals surface area contributed by atoms with Crippen molar-refractivity contribution in [3.05, 3.63) is 17.8 Å².